The maximum atomic E-state index is 12.5. The Morgan fingerprint density at radius 2 is 1.89 bits per heavy atom. The summed E-state index contributed by atoms with van der Waals surface area (Å²) in [5.41, 5.74) is 5.37. The SMILES string of the molecule is C=C(N)NCCCC1C(=O)N(C(=O)N(C)CCN(C)C(=O)OC)C1C(=O)O. The second kappa shape index (κ2) is 9.64. The molecule has 1 rings (SSSR count). The van der Waals surface area contributed by atoms with E-state index in [9.17, 15) is 24.3 Å². The van der Waals surface area contributed by atoms with Crippen LogP contribution >= 0.6 is 0 Å². The monoisotopic (exact) mass is 385 g/mol. The molecule has 4 N–H and O–H groups in total. The van der Waals surface area contributed by atoms with E-state index in [0.29, 0.717) is 25.2 Å². The average Bonchev–Trinajstić information content (AvgIpc) is 2.61. The number of likely N-dealkylation sites (N-methyl/N-ethyl adjacent to an activating group) is 2. The van der Waals surface area contributed by atoms with Crippen molar-refractivity contribution in [3.63, 3.8) is 0 Å². The van der Waals surface area contributed by atoms with Gasteiger partial charge in [-0.1, -0.05) is 6.58 Å². The molecule has 1 aliphatic heterocycles. The highest BCUT2D eigenvalue weighted by Crippen LogP contribution is 2.31. The number of urea groups is 1. The fourth-order valence-corrected chi connectivity index (χ4v) is 2.72. The molecule has 1 aliphatic rings. The lowest BCUT2D eigenvalue weighted by Gasteiger charge is -2.44. The number of amides is 4. The maximum absolute atomic E-state index is 12.5. The summed E-state index contributed by atoms with van der Waals surface area (Å²) >= 11 is 0. The minimum Gasteiger partial charge on any atom is -0.480 e. The summed E-state index contributed by atoms with van der Waals surface area (Å²) in [4.78, 5) is 50.8. The number of imide groups is 1. The largest absolute Gasteiger partial charge is 0.480 e. The number of carboxylic acid groups (broad SMARTS) is 1. The van der Waals surface area contributed by atoms with Crippen molar-refractivity contribution in [2.45, 2.75) is 18.9 Å². The van der Waals surface area contributed by atoms with Crippen LogP contribution in [0.15, 0.2) is 12.4 Å². The molecule has 11 nitrogen and oxygen atoms in total. The molecule has 0 aromatic rings. The van der Waals surface area contributed by atoms with E-state index in [1.54, 1.807) is 0 Å². The summed E-state index contributed by atoms with van der Waals surface area (Å²) in [6, 6.07) is -1.91. The highest BCUT2D eigenvalue weighted by molar-refractivity contribution is 6.07. The Kier molecular flexibility index (Phi) is 7.88. The van der Waals surface area contributed by atoms with Gasteiger partial charge in [0, 0.05) is 33.7 Å². The van der Waals surface area contributed by atoms with Gasteiger partial charge >= 0.3 is 18.1 Å². The van der Waals surface area contributed by atoms with Gasteiger partial charge in [0.1, 0.15) is 0 Å². The van der Waals surface area contributed by atoms with E-state index in [2.05, 4.69) is 16.6 Å². The van der Waals surface area contributed by atoms with E-state index in [-0.39, 0.29) is 13.1 Å². The molecule has 0 aromatic carbocycles. The van der Waals surface area contributed by atoms with Gasteiger partial charge < -0.3 is 30.7 Å². The number of nitrogens with two attached hydrogens (primary N) is 1. The number of β-lactam (4-membered cyclic amide) rings is 1. The van der Waals surface area contributed by atoms with Gasteiger partial charge in [-0.2, -0.15) is 0 Å². The first-order valence-electron chi connectivity index (χ1n) is 8.40. The predicted octanol–water partition coefficient (Wildman–Crippen LogP) is -0.552. The van der Waals surface area contributed by atoms with Crippen molar-refractivity contribution in [1.29, 1.82) is 0 Å². The lowest BCUT2D eigenvalue weighted by molar-refractivity contribution is -0.166. The second-order valence-electron chi connectivity index (χ2n) is 6.29. The van der Waals surface area contributed by atoms with Gasteiger partial charge in [-0.05, 0) is 12.8 Å². The van der Waals surface area contributed by atoms with E-state index in [1.165, 1.54) is 31.0 Å². The Balaban J connectivity index is 2.62. The minimum atomic E-state index is -1.23. The number of nitrogens with one attached hydrogen (secondary N) is 1. The molecule has 1 saturated heterocycles. The van der Waals surface area contributed by atoms with Crippen LogP contribution in [0.1, 0.15) is 12.8 Å². The smallest absolute Gasteiger partial charge is 0.409 e. The number of carbonyl (C=O) groups excluding carboxylic acids is 3. The number of hydrogen-bond acceptors (Lipinski definition) is 7. The van der Waals surface area contributed by atoms with Gasteiger partial charge in [0.2, 0.25) is 5.91 Å². The van der Waals surface area contributed by atoms with Crippen LogP contribution in [0.2, 0.25) is 0 Å². The number of methoxy groups -OCH3 is 1. The Morgan fingerprint density at radius 3 is 2.41 bits per heavy atom. The number of nitrogens with zero attached hydrogens (tertiary/aromatic N) is 3. The zero-order valence-electron chi connectivity index (χ0n) is 15.8. The van der Waals surface area contributed by atoms with E-state index < -0.39 is 36.0 Å². The molecule has 0 aromatic heterocycles. The van der Waals surface area contributed by atoms with E-state index in [4.69, 9.17) is 5.73 Å². The van der Waals surface area contributed by atoms with E-state index >= 15 is 0 Å². The van der Waals surface area contributed by atoms with E-state index in [0.717, 1.165) is 4.90 Å². The van der Waals surface area contributed by atoms with Gasteiger partial charge in [0.05, 0.1) is 18.8 Å². The van der Waals surface area contributed by atoms with Crippen LogP contribution in [0.4, 0.5) is 9.59 Å². The van der Waals surface area contributed by atoms with Gasteiger partial charge in [-0.15, -0.1) is 0 Å². The van der Waals surface area contributed by atoms with Crippen LogP contribution in [0.3, 0.4) is 0 Å². The number of rotatable bonds is 9. The molecule has 2 atom stereocenters. The van der Waals surface area contributed by atoms with Crippen LogP contribution in [0.5, 0.6) is 0 Å². The van der Waals surface area contributed by atoms with Crippen LogP contribution in [-0.4, -0.2) is 90.7 Å². The first-order chi connectivity index (χ1) is 12.6. The molecule has 0 aliphatic carbocycles. The number of carboxylic acids is 1. The molecule has 11 heteroatoms. The summed E-state index contributed by atoms with van der Waals surface area (Å²) in [7, 11) is 4.17. The van der Waals surface area contributed by atoms with Crippen LogP contribution in [0, 0.1) is 5.92 Å². The molecule has 4 amide bonds. The van der Waals surface area contributed by atoms with Gasteiger partial charge in [0.15, 0.2) is 6.04 Å². The number of hydrogen-bond donors (Lipinski definition) is 3. The van der Waals surface area contributed by atoms with Crippen molar-refractivity contribution in [3.8, 4) is 0 Å². The summed E-state index contributed by atoms with van der Waals surface area (Å²) in [6.45, 7) is 4.23. The molecular formula is C16H27N5O6. The predicted molar refractivity (Wildman–Crippen MR) is 95.4 cm³/mol. The molecule has 0 bridgehead atoms. The van der Waals surface area contributed by atoms with Crippen molar-refractivity contribution in [2.24, 2.45) is 11.7 Å². The van der Waals surface area contributed by atoms with Gasteiger partial charge in [-0.25, -0.2) is 19.3 Å². The molecule has 0 radical (unpaired) electrons. The van der Waals surface area contributed by atoms with Crippen molar-refractivity contribution < 1.29 is 29.0 Å². The maximum Gasteiger partial charge on any atom is 0.409 e. The van der Waals surface area contributed by atoms with Crippen LogP contribution in [0.25, 0.3) is 0 Å². The molecule has 152 valence electrons. The lowest BCUT2D eigenvalue weighted by atomic mass is 9.84. The normalized spacial score (nSPS) is 18.3. The van der Waals surface area contributed by atoms with Crippen molar-refractivity contribution in [2.75, 3.05) is 40.8 Å². The molecular weight excluding hydrogens is 358 g/mol. The standard InChI is InChI=1S/C16H27N5O6/c1-10(17)18-7-5-6-11-12(14(23)24)21(13(11)22)15(25)19(2)8-9-20(3)16(26)27-4/h11-12,18H,1,5-9,17H2,2-4H3,(H,23,24). The summed E-state index contributed by atoms with van der Waals surface area (Å²) in [6.07, 6.45) is 0.264. The topological polar surface area (TPSA) is 146 Å². The third-order valence-corrected chi connectivity index (χ3v) is 4.30. The van der Waals surface area contributed by atoms with Gasteiger partial charge in [0.25, 0.3) is 0 Å². The van der Waals surface area contributed by atoms with Crippen LogP contribution in [-0.2, 0) is 14.3 Å². The molecule has 0 saturated carbocycles. The lowest BCUT2D eigenvalue weighted by Crippen LogP contribution is -2.68. The van der Waals surface area contributed by atoms with Crippen molar-refractivity contribution in [1.82, 2.24) is 20.0 Å². The van der Waals surface area contributed by atoms with Crippen molar-refractivity contribution in [3.05, 3.63) is 12.4 Å². The Bertz CT molecular complexity index is 610. The fourth-order valence-electron chi connectivity index (χ4n) is 2.72. The second-order valence-corrected chi connectivity index (χ2v) is 6.29. The first kappa shape index (κ1) is 22.1. The average molecular weight is 385 g/mol. The molecule has 0 spiro atoms. The van der Waals surface area contributed by atoms with Crippen molar-refractivity contribution >= 4 is 24.0 Å². The van der Waals surface area contributed by atoms with E-state index in [1.807, 2.05) is 0 Å². The zero-order chi connectivity index (χ0) is 20.7. The highest BCUT2D eigenvalue weighted by atomic mass is 16.5. The number of aliphatic carboxylic acids is 1. The highest BCUT2D eigenvalue weighted by Gasteiger charge is 2.54. The quantitative estimate of drug-likeness (QED) is 0.354. The summed E-state index contributed by atoms with van der Waals surface area (Å²) in [5.74, 6) is -2.22. The number of likely N-dealkylation sites (tertiary alicyclic amines) is 1. The number of carbonyl (C=O) groups is 4. The molecule has 1 fully saturated rings. The molecule has 27 heavy (non-hydrogen) atoms. The third-order valence-electron chi connectivity index (χ3n) is 4.30. The third kappa shape index (κ3) is 5.50. The Labute approximate surface area is 157 Å². The summed E-state index contributed by atoms with van der Waals surface area (Å²) in [5, 5.41) is 12.2. The minimum absolute atomic E-state index is 0.119. The molecule has 1 heterocycles. The first-order valence-corrected chi connectivity index (χ1v) is 8.40. The Hall–Kier alpha value is -2.98. The Morgan fingerprint density at radius 1 is 1.30 bits per heavy atom. The van der Waals surface area contributed by atoms with Crippen LogP contribution < -0.4 is 11.1 Å². The molecule has 2 unspecified atom stereocenters. The van der Waals surface area contributed by atoms with Gasteiger partial charge in [-0.3, -0.25) is 4.79 Å². The zero-order valence-corrected chi connectivity index (χ0v) is 15.8. The fraction of sp³-hybridized carbons (Fsp3) is 0.625. The summed E-state index contributed by atoms with van der Waals surface area (Å²) < 4.78 is 4.55. The number of ether oxygens (including phenoxy) is 1.